The molecule has 0 atom stereocenters. The molecule has 3 aromatic rings. The minimum Gasteiger partial charge on any atom is -0.481 e. The molecule has 2 aromatic carbocycles. The van der Waals surface area contributed by atoms with E-state index < -0.39 is 15.5 Å². The van der Waals surface area contributed by atoms with Crippen LogP contribution < -0.4 is 15.4 Å². The first-order valence-electron chi connectivity index (χ1n) is 10.5. The number of anilines is 2. The summed E-state index contributed by atoms with van der Waals surface area (Å²) >= 11 is 0. The van der Waals surface area contributed by atoms with Crippen molar-refractivity contribution < 1.29 is 18.1 Å². The van der Waals surface area contributed by atoms with E-state index in [-0.39, 0.29) is 18.3 Å². The van der Waals surface area contributed by atoms with Crippen LogP contribution >= 0.6 is 0 Å². The molecule has 1 amide bonds. The third kappa shape index (κ3) is 7.38. The van der Waals surface area contributed by atoms with E-state index >= 15 is 0 Å². The van der Waals surface area contributed by atoms with Gasteiger partial charge in [-0.15, -0.1) is 0 Å². The van der Waals surface area contributed by atoms with Gasteiger partial charge in [0.15, 0.2) is 6.61 Å². The summed E-state index contributed by atoms with van der Waals surface area (Å²) in [6.45, 7) is 7.91. The highest BCUT2D eigenvalue weighted by Gasteiger charge is 2.13. The molecule has 0 saturated carbocycles. The predicted octanol–water partition coefficient (Wildman–Crippen LogP) is 4.72. The lowest BCUT2D eigenvalue weighted by atomic mass is 10.1. The van der Waals surface area contributed by atoms with Crippen molar-refractivity contribution in [3.8, 4) is 5.75 Å². The van der Waals surface area contributed by atoms with Crippen LogP contribution in [0.2, 0.25) is 0 Å². The van der Waals surface area contributed by atoms with E-state index in [1.807, 2.05) is 20.8 Å². The Balaban J connectivity index is 0.00000187. The van der Waals surface area contributed by atoms with E-state index in [2.05, 4.69) is 25.0 Å². The van der Waals surface area contributed by atoms with Gasteiger partial charge < -0.3 is 15.4 Å². The molecular formula is C23H30FN5O3S. The maximum absolute atomic E-state index is 13.8. The standard InChI is InChI=1S/C21H24FN5O3S.C2H6/c1-5-23-19(28)11-30-18-9-14(22)6-7-16(18)26-21-20-13(2)8-15(27-31(3,4)29)10-17(20)24-12-25-21;1-2/h6-10,12H,5,11H2,1-4H3,(H,23,28)(H,24,25,26);1-2H3. The van der Waals surface area contributed by atoms with Crippen molar-refractivity contribution >= 4 is 43.7 Å². The highest BCUT2D eigenvalue weighted by molar-refractivity contribution is 7.92. The third-order valence-corrected chi connectivity index (χ3v) is 4.83. The van der Waals surface area contributed by atoms with Gasteiger partial charge in [0.25, 0.3) is 5.91 Å². The minimum atomic E-state index is -2.32. The number of halogens is 1. The number of nitrogens with zero attached hydrogens (tertiary/aromatic N) is 3. The van der Waals surface area contributed by atoms with E-state index in [9.17, 15) is 13.4 Å². The number of hydrogen-bond donors (Lipinski definition) is 2. The number of ether oxygens (including phenoxy) is 1. The Hall–Kier alpha value is -3.27. The zero-order valence-electron chi connectivity index (χ0n) is 19.7. The third-order valence-electron chi connectivity index (χ3n) is 4.17. The molecule has 0 aliphatic heterocycles. The van der Waals surface area contributed by atoms with Crippen molar-refractivity contribution in [1.29, 1.82) is 0 Å². The van der Waals surface area contributed by atoms with Crippen molar-refractivity contribution in [3.05, 3.63) is 48.0 Å². The Morgan fingerprint density at radius 2 is 1.91 bits per heavy atom. The zero-order valence-corrected chi connectivity index (χ0v) is 20.5. The molecule has 0 fully saturated rings. The van der Waals surface area contributed by atoms with E-state index in [1.54, 1.807) is 31.6 Å². The van der Waals surface area contributed by atoms with Gasteiger partial charge in [0, 0.05) is 40.2 Å². The number of fused-ring (bicyclic) bond motifs is 1. The maximum atomic E-state index is 13.8. The molecule has 1 heterocycles. The van der Waals surface area contributed by atoms with E-state index in [1.165, 1.54) is 24.5 Å². The molecule has 10 heteroatoms. The summed E-state index contributed by atoms with van der Waals surface area (Å²) in [6.07, 6.45) is 4.52. The summed E-state index contributed by atoms with van der Waals surface area (Å²) < 4.78 is 35.6. The summed E-state index contributed by atoms with van der Waals surface area (Å²) in [6, 6.07) is 7.54. The first-order valence-corrected chi connectivity index (χ1v) is 12.9. The second kappa shape index (κ2) is 11.6. The van der Waals surface area contributed by atoms with E-state index in [0.29, 0.717) is 29.3 Å². The number of likely N-dealkylation sites (N-methyl/N-ethyl adjacent to an activating group) is 1. The SMILES string of the molecule is CC.CCNC(=O)COc1cc(F)ccc1Nc1ncnc2cc(N=S(C)(C)=O)cc(C)c12. The number of carbonyl (C=O) groups is 1. The van der Waals surface area contributed by atoms with Crippen molar-refractivity contribution in [2.75, 3.05) is 31.0 Å². The Labute approximate surface area is 194 Å². The number of aryl methyl sites for hydroxylation is 1. The highest BCUT2D eigenvalue weighted by atomic mass is 32.2. The molecule has 0 saturated heterocycles. The maximum Gasteiger partial charge on any atom is 0.257 e. The summed E-state index contributed by atoms with van der Waals surface area (Å²) in [5.74, 6) is -0.133. The molecule has 1 aromatic heterocycles. The van der Waals surface area contributed by atoms with Gasteiger partial charge in [-0.2, -0.15) is 4.36 Å². The molecule has 0 aliphatic carbocycles. The lowest BCUT2D eigenvalue weighted by molar-refractivity contribution is -0.122. The van der Waals surface area contributed by atoms with Crippen LogP contribution in [-0.4, -0.2) is 45.7 Å². The number of aromatic nitrogens is 2. The van der Waals surface area contributed by atoms with Crippen LogP contribution in [0.3, 0.4) is 0 Å². The monoisotopic (exact) mass is 475 g/mol. The Morgan fingerprint density at radius 3 is 2.58 bits per heavy atom. The van der Waals surface area contributed by atoms with Gasteiger partial charge in [-0.25, -0.2) is 18.6 Å². The van der Waals surface area contributed by atoms with Gasteiger partial charge in [-0.1, -0.05) is 13.8 Å². The topological polar surface area (TPSA) is 106 Å². The lowest BCUT2D eigenvalue weighted by Crippen LogP contribution is -2.28. The normalized spacial score (nSPS) is 10.8. The minimum absolute atomic E-state index is 0.180. The van der Waals surface area contributed by atoms with Crippen LogP contribution in [0.5, 0.6) is 5.75 Å². The molecule has 0 spiro atoms. The smallest absolute Gasteiger partial charge is 0.257 e. The first-order chi connectivity index (χ1) is 15.7. The average Bonchev–Trinajstić information content (AvgIpc) is 2.74. The van der Waals surface area contributed by atoms with Crippen LogP contribution in [-0.2, 0) is 14.5 Å². The average molecular weight is 476 g/mol. The molecule has 2 N–H and O–H groups in total. The molecule has 0 bridgehead atoms. The van der Waals surface area contributed by atoms with Crippen molar-refractivity contribution in [2.45, 2.75) is 27.7 Å². The van der Waals surface area contributed by atoms with Crippen molar-refractivity contribution in [3.63, 3.8) is 0 Å². The lowest BCUT2D eigenvalue weighted by Gasteiger charge is -2.15. The number of rotatable bonds is 7. The van der Waals surface area contributed by atoms with Crippen LogP contribution in [0.1, 0.15) is 26.3 Å². The van der Waals surface area contributed by atoms with Crippen molar-refractivity contribution in [1.82, 2.24) is 15.3 Å². The van der Waals surface area contributed by atoms with Crippen LogP contribution in [0, 0.1) is 12.7 Å². The van der Waals surface area contributed by atoms with Crippen LogP contribution in [0.4, 0.5) is 21.6 Å². The van der Waals surface area contributed by atoms with Gasteiger partial charge in [0.05, 0.1) is 16.9 Å². The number of amides is 1. The Kier molecular flexibility index (Phi) is 9.10. The number of benzene rings is 2. The van der Waals surface area contributed by atoms with E-state index in [4.69, 9.17) is 4.74 Å². The quantitative estimate of drug-likeness (QED) is 0.512. The number of carbonyl (C=O) groups excluding carboxylic acids is 1. The van der Waals surface area contributed by atoms with Gasteiger partial charge in [0.2, 0.25) is 0 Å². The first kappa shape index (κ1) is 26.0. The second-order valence-electron chi connectivity index (χ2n) is 7.16. The molecule has 33 heavy (non-hydrogen) atoms. The molecule has 0 aliphatic rings. The summed E-state index contributed by atoms with van der Waals surface area (Å²) in [7, 11) is -2.32. The van der Waals surface area contributed by atoms with Gasteiger partial charge in [-0.3, -0.25) is 4.79 Å². The zero-order chi connectivity index (χ0) is 24.6. The van der Waals surface area contributed by atoms with Gasteiger partial charge in [0.1, 0.15) is 23.7 Å². The van der Waals surface area contributed by atoms with Crippen LogP contribution in [0.15, 0.2) is 41.0 Å². The van der Waals surface area contributed by atoms with E-state index in [0.717, 1.165) is 10.9 Å². The van der Waals surface area contributed by atoms with Gasteiger partial charge >= 0.3 is 0 Å². The Morgan fingerprint density at radius 1 is 1.18 bits per heavy atom. The fourth-order valence-corrected chi connectivity index (χ4v) is 3.63. The molecule has 8 nitrogen and oxygen atoms in total. The molecule has 0 radical (unpaired) electrons. The summed E-state index contributed by atoms with van der Waals surface area (Å²) in [4.78, 5) is 20.3. The molecule has 0 unspecified atom stereocenters. The summed E-state index contributed by atoms with van der Waals surface area (Å²) in [5.41, 5.74) is 2.46. The van der Waals surface area contributed by atoms with Crippen molar-refractivity contribution in [2.24, 2.45) is 4.36 Å². The fourth-order valence-electron chi connectivity index (χ4n) is 3.01. The fraction of sp³-hybridized carbons (Fsp3) is 0.348. The van der Waals surface area contributed by atoms with Crippen LogP contribution in [0.25, 0.3) is 10.9 Å². The second-order valence-corrected chi connectivity index (χ2v) is 9.70. The molecular weight excluding hydrogens is 445 g/mol. The largest absolute Gasteiger partial charge is 0.481 e. The summed E-state index contributed by atoms with van der Waals surface area (Å²) in [5, 5.41) is 6.51. The molecule has 3 rings (SSSR count). The predicted molar refractivity (Wildman–Crippen MR) is 132 cm³/mol. The number of nitrogens with one attached hydrogen (secondary N) is 2. The Bertz CT molecular complexity index is 1250. The van der Waals surface area contributed by atoms with Gasteiger partial charge in [-0.05, 0) is 43.7 Å². The molecule has 178 valence electrons. The highest BCUT2D eigenvalue weighted by Crippen LogP contribution is 2.33. The number of hydrogen-bond acceptors (Lipinski definition) is 7.